The number of hydrogen-bond acceptors (Lipinski definition) is 6. The number of alkyl halides is 3. The second-order valence-corrected chi connectivity index (χ2v) is 12.6. The third-order valence-electron chi connectivity index (χ3n) is 9.13. The number of benzene rings is 1. The normalized spacial score (nSPS) is 26.3. The first-order chi connectivity index (χ1) is 18.4. The molecule has 11 heteroatoms. The molecular weight excluding hydrogens is 529 g/mol. The lowest BCUT2D eigenvalue weighted by Gasteiger charge is -2.59. The van der Waals surface area contributed by atoms with Crippen LogP contribution in [0.5, 0.6) is 0 Å². The minimum absolute atomic E-state index is 0.254. The van der Waals surface area contributed by atoms with Crippen molar-refractivity contribution in [3.05, 3.63) is 63.8 Å². The van der Waals surface area contributed by atoms with E-state index >= 15 is 0 Å². The van der Waals surface area contributed by atoms with E-state index in [4.69, 9.17) is 16.6 Å². The minimum atomic E-state index is -4.63. The summed E-state index contributed by atoms with van der Waals surface area (Å²) in [5.74, 6) is 2.92. The van der Waals surface area contributed by atoms with Crippen LogP contribution in [0, 0.1) is 19.3 Å². The fraction of sp³-hybridized carbons (Fsp3) is 0.536. The molecule has 2 saturated carbocycles. The Hall–Kier alpha value is -2.69. The Labute approximate surface area is 229 Å². The molecule has 3 fully saturated rings. The average molecular weight is 559 g/mol. The van der Waals surface area contributed by atoms with Crippen molar-refractivity contribution in [2.75, 3.05) is 18.0 Å². The van der Waals surface area contributed by atoms with Crippen molar-refractivity contribution >= 4 is 17.4 Å². The van der Waals surface area contributed by atoms with Crippen LogP contribution >= 0.6 is 11.6 Å². The van der Waals surface area contributed by atoms with Crippen molar-refractivity contribution in [2.45, 2.75) is 76.4 Å². The summed E-state index contributed by atoms with van der Waals surface area (Å²) in [4.78, 5) is 9.02. The molecule has 4 heterocycles. The Morgan fingerprint density at radius 1 is 1.00 bits per heavy atom. The van der Waals surface area contributed by atoms with E-state index in [-0.39, 0.29) is 24.2 Å². The fourth-order valence-electron chi connectivity index (χ4n) is 7.12. The smallest absolute Gasteiger partial charge is 0.380 e. The maximum atomic E-state index is 13.3. The molecule has 39 heavy (non-hydrogen) atoms. The molecule has 7 nitrogen and oxygen atoms in total. The van der Waals surface area contributed by atoms with Gasteiger partial charge in [-0.3, -0.25) is 9.47 Å². The zero-order valence-electron chi connectivity index (χ0n) is 21.8. The maximum absolute atomic E-state index is 13.3. The number of halogens is 4. The molecule has 206 valence electrons. The molecule has 1 saturated heterocycles. The molecule has 4 aliphatic rings. The van der Waals surface area contributed by atoms with E-state index in [2.05, 4.69) is 38.7 Å². The third-order valence-corrected chi connectivity index (χ3v) is 9.37. The lowest BCUT2D eigenvalue weighted by Crippen LogP contribution is -2.62. The Balaban J connectivity index is 1.11. The Morgan fingerprint density at radius 2 is 1.74 bits per heavy atom. The van der Waals surface area contributed by atoms with Crippen molar-refractivity contribution in [1.29, 1.82) is 0 Å². The van der Waals surface area contributed by atoms with Gasteiger partial charge in [-0.05, 0) is 68.1 Å². The summed E-state index contributed by atoms with van der Waals surface area (Å²) in [7, 11) is 0. The highest BCUT2D eigenvalue weighted by Crippen LogP contribution is 2.57. The van der Waals surface area contributed by atoms with Crippen molar-refractivity contribution < 1.29 is 18.3 Å². The summed E-state index contributed by atoms with van der Waals surface area (Å²) < 4.78 is 42.0. The highest BCUT2D eigenvalue weighted by Gasteiger charge is 2.62. The monoisotopic (exact) mass is 558 g/mol. The van der Waals surface area contributed by atoms with Crippen molar-refractivity contribution in [3.63, 3.8) is 0 Å². The van der Waals surface area contributed by atoms with E-state index in [1.165, 1.54) is 5.56 Å². The lowest BCUT2D eigenvalue weighted by molar-refractivity contribution is -0.300. The fourth-order valence-corrected chi connectivity index (χ4v) is 7.31. The minimum Gasteiger partial charge on any atom is -0.380 e. The van der Waals surface area contributed by atoms with Crippen LogP contribution < -0.4 is 4.90 Å². The summed E-state index contributed by atoms with van der Waals surface area (Å²) in [5, 5.41) is 19.8. The number of hydrogen-bond donors (Lipinski definition) is 1. The van der Waals surface area contributed by atoms with Crippen LogP contribution in [0.1, 0.15) is 60.1 Å². The van der Waals surface area contributed by atoms with Gasteiger partial charge in [0.1, 0.15) is 11.6 Å². The molecule has 0 unspecified atom stereocenters. The van der Waals surface area contributed by atoms with Gasteiger partial charge in [0.05, 0.1) is 12.2 Å². The van der Waals surface area contributed by atoms with Crippen LogP contribution in [0.4, 0.5) is 19.0 Å². The second-order valence-electron chi connectivity index (χ2n) is 12.2. The van der Waals surface area contributed by atoms with Crippen molar-refractivity contribution in [3.8, 4) is 5.69 Å². The highest BCUT2D eigenvalue weighted by atomic mass is 35.5. The predicted molar refractivity (Wildman–Crippen MR) is 140 cm³/mol. The standard InChI is InChI=1S/C28H30ClF3N6O/c1-16-5-17(2)33-23(6-16)37-14-26(15-37)8-19(9-26)25-35-34-24-13-36(21-10-27(39,11-21)28(30,31)32)12-18-7-20(29)3-4-22(18)38(24)25/h3-7,19,21,39H,8-15H2,1-2H3. The van der Waals surface area contributed by atoms with Gasteiger partial charge in [-0.2, -0.15) is 13.2 Å². The zero-order chi connectivity index (χ0) is 27.3. The molecule has 0 atom stereocenters. The van der Waals surface area contributed by atoms with Gasteiger partial charge in [-0.25, -0.2) is 4.98 Å². The summed E-state index contributed by atoms with van der Waals surface area (Å²) in [6.45, 7) is 6.87. The summed E-state index contributed by atoms with van der Waals surface area (Å²) in [6.07, 6.45) is -3.29. The van der Waals surface area contributed by atoms with Crippen LogP contribution in [-0.2, 0) is 13.1 Å². The van der Waals surface area contributed by atoms with Crippen LogP contribution in [0.15, 0.2) is 30.3 Å². The van der Waals surface area contributed by atoms with Gasteiger partial charge in [0.25, 0.3) is 0 Å². The van der Waals surface area contributed by atoms with E-state index in [0.29, 0.717) is 23.9 Å². The number of fused-ring (bicyclic) bond motifs is 3. The summed E-state index contributed by atoms with van der Waals surface area (Å²) in [6, 6.07) is 9.49. The molecule has 2 aliphatic heterocycles. The van der Waals surface area contributed by atoms with E-state index in [0.717, 1.165) is 54.5 Å². The van der Waals surface area contributed by atoms with E-state index < -0.39 is 17.8 Å². The van der Waals surface area contributed by atoms with Gasteiger partial charge < -0.3 is 10.0 Å². The molecule has 3 aromatic rings. The number of aromatic nitrogens is 4. The summed E-state index contributed by atoms with van der Waals surface area (Å²) >= 11 is 6.34. The quantitative estimate of drug-likeness (QED) is 0.483. The van der Waals surface area contributed by atoms with E-state index in [1.807, 2.05) is 30.0 Å². The largest absolute Gasteiger partial charge is 0.417 e. The molecule has 2 aliphatic carbocycles. The van der Waals surface area contributed by atoms with Gasteiger partial charge >= 0.3 is 6.18 Å². The second kappa shape index (κ2) is 8.41. The van der Waals surface area contributed by atoms with E-state index in [1.54, 1.807) is 0 Å². The number of pyridine rings is 1. The topological polar surface area (TPSA) is 70.3 Å². The first-order valence-corrected chi connectivity index (χ1v) is 13.8. The third kappa shape index (κ3) is 4.05. The lowest BCUT2D eigenvalue weighted by atomic mass is 9.57. The Bertz CT molecular complexity index is 1430. The van der Waals surface area contributed by atoms with Gasteiger partial charge in [-0.1, -0.05) is 11.6 Å². The van der Waals surface area contributed by atoms with Crippen LogP contribution in [-0.4, -0.2) is 60.7 Å². The van der Waals surface area contributed by atoms with Gasteiger partial charge in [0.2, 0.25) is 0 Å². The number of rotatable bonds is 3. The Morgan fingerprint density at radius 3 is 2.44 bits per heavy atom. The first-order valence-electron chi connectivity index (χ1n) is 13.4. The molecule has 1 N–H and O–H groups in total. The maximum Gasteiger partial charge on any atom is 0.417 e. The highest BCUT2D eigenvalue weighted by molar-refractivity contribution is 6.30. The van der Waals surface area contributed by atoms with Crippen molar-refractivity contribution in [1.82, 2.24) is 24.6 Å². The molecule has 1 spiro atoms. The van der Waals surface area contributed by atoms with Crippen LogP contribution in [0.3, 0.4) is 0 Å². The molecular formula is C28H30ClF3N6O. The number of nitrogens with zero attached hydrogens (tertiary/aromatic N) is 6. The molecule has 2 aromatic heterocycles. The van der Waals surface area contributed by atoms with Crippen molar-refractivity contribution in [2.24, 2.45) is 5.41 Å². The van der Waals surface area contributed by atoms with Crippen LogP contribution in [0.25, 0.3) is 5.69 Å². The predicted octanol–water partition coefficient (Wildman–Crippen LogP) is 5.09. The zero-order valence-corrected chi connectivity index (χ0v) is 22.6. The van der Waals surface area contributed by atoms with Gasteiger partial charge in [0, 0.05) is 60.6 Å². The molecule has 7 rings (SSSR count). The summed E-state index contributed by atoms with van der Waals surface area (Å²) in [5.41, 5.74) is 1.73. The number of aryl methyl sites for hydroxylation is 2. The number of anilines is 1. The first kappa shape index (κ1) is 25.3. The number of aliphatic hydroxyl groups is 1. The molecule has 1 aromatic carbocycles. The average Bonchev–Trinajstić information content (AvgIpc) is 3.09. The SMILES string of the molecule is Cc1cc(C)nc(N2CC3(CC(c4nnc5n4-c4ccc(Cl)cc4CN(C4CC(O)(C(F)(F)F)C4)C5)C3)C2)c1. The van der Waals surface area contributed by atoms with E-state index in [9.17, 15) is 18.3 Å². The molecule has 0 radical (unpaired) electrons. The van der Waals surface area contributed by atoms with Gasteiger partial charge in [0.15, 0.2) is 11.4 Å². The molecule has 0 bridgehead atoms. The van der Waals surface area contributed by atoms with Crippen LogP contribution in [0.2, 0.25) is 5.02 Å². The Kier molecular flexibility index (Phi) is 5.45. The molecule has 0 amide bonds. The van der Waals surface area contributed by atoms with Gasteiger partial charge in [-0.15, -0.1) is 10.2 Å².